The van der Waals surface area contributed by atoms with Crippen molar-refractivity contribution in [3.63, 3.8) is 0 Å². The van der Waals surface area contributed by atoms with Crippen LogP contribution in [-0.4, -0.2) is 11.5 Å². The highest BCUT2D eigenvalue weighted by atomic mass is 35.5. The molecule has 27 heavy (non-hydrogen) atoms. The summed E-state index contributed by atoms with van der Waals surface area (Å²) < 4.78 is 0. The van der Waals surface area contributed by atoms with Crippen LogP contribution in [0.5, 0.6) is 0 Å². The van der Waals surface area contributed by atoms with E-state index in [2.05, 4.69) is 5.32 Å². The third kappa shape index (κ3) is 3.80. The van der Waals surface area contributed by atoms with Crippen LogP contribution in [-0.2, 0) is 0 Å². The van der Waals surface area contributed by atoms with E-state index in [4.69, 9.17) is 28.2 Å². The van der Waals surface area contributed by atoms with Crippen molar-refractivity contribution in [1.82, 2.24) is 0 Å². The van der Waals surface area contributed by atoms with Gasteiger partial charge in [0.2, 0.25) is 5.78 Å². The number of nitrogens with one attached hydrogen (secondary N) is 1. The van der Waals surface area contributed by atoms with Crippen molar-refractivity contribution >= 4 is 46.1 Å². The van der Waals surface area contributed by atoms with E-state index in [1.54, 1.807) is 36.4 Å². The predicted octanol–water partition coefficient (Wildman–Crippen LogP) is 6.31. The quantitative estimate of drug-likeness (QED) is 0.567. The van der Waals surface area contributed by atoms with E-state index in [1.165, 1.54) is 0 Å². The first-order chi connectivity index (χ1) is 13.1. The number of nitrogens with zero attached hydrogens (tertiary/aromatic N) is 1. The number of hydrogen-bond acceptors (Lipinski definition) is 3. The first kappa shape index (κ1) is 17.5. The molecule has 1 aliphatic carbocycles. The van der Waals surface area contributed by atoms with Gasteiger partial charge in [-0.2, -0.15) is 0 Å². The van der Waals surface area contributed by atoms with E-state index in [0.29, 0.717) is 27.0 Å². The average molecular weight is 393 g/mol. The van der Waals surface area contributed by atoms with Crippen LogP contribution in [0.3, 0.4) is 0 Å². The smallest absolute Gasteiger partial charge is 0.209 e. The molecule has 0 fully saturated rings. The molecule has 0 atom stereocenters. The average Bonchev–Trinajstić information content (AvgIpc) is 2.66. The van der Waals surface area contributed by atoms with E-state index in [0.717, 1.165) is 16.9 Å². The van der Waals surface area contributed by atoms with Crippen LogP contribution >= 0.6 is 23.2 Å². The van der Waals surface area contributed by atoms with Crippen LogP contribution in [0.25, 0.3) is 0 Å². The molecule has 0 amide bonds. The predicted molar refractivity (Wildman–Crippen MR) is 112 cm³/mol. The Morgan fingerprint density at radius 3 is 2.22 bits per heavy atom. The van der Waals surface area contributed by atoms with Gasteiger partial charge >= 0.3 is 0 Å². The maximum atomic E-state index is 12.9. The van der Waals surface area contributed by atoms with Gasteiger partial charge in [-0.25, -0.2) is 4.99 Å². The lowest BCUT2D eigenvalue weighted by Gasteiger charge is -2.19. The van der Waals surface area contributed by atoms with Crippen LogP contribution in [0.2, 0.25) is 10.0 Å². The van der Waals surface area contributed by atoms with E-state index < -0.39 is 0 Å². The molecule has 5 heteroatoms. The first-order valence-corrected chi connectivity index (χ1v) is 9.08. The number of hydrogen-bond donors (Lipinski definition) is 1. The molecular formula is C22H14Cl2N2O. The van der Waals surface area contributed by atoms with Gasteiger partial charge in [-0.05, 0) is 42.5 Å². The van der Waals surface area contributed by atoms with Gasteiger partial charge in [-0.1, -0.05) is 59.6 Å². The van der Waals surface area contributed by atoms with Gasteiger partial charge in [0.05, 0.1) is 17.1 Å². The maximum Gasteiger partial charge on any atom is 0.209 e. The van der Waals surface area contributed by atoms with Gasteiger partial charge in [-0.15, -0.1) is 0 Å². The largest absolute Gasteiger partial charge is 0.352 e. The van der Waals surface area contributed by atoms with Crippen molar-refractivity contribution < 1.29 is 4.79 Å². The lowest BCUT2D eigenvalue weighted by molar-refractivity contribution is 0.103. The molecule has 0 unspecified atom stereocenters. The SMILES string of the molecule is O=C1C(Nc2cccc(Cl)c2)=CC(=Nc2cccc(Cl)c2)c2ccccc21. The highest BCUT2D eigenvalue weighted by molar-refractivity contribution is 6.31. The van der Waals surface area contributed by atoms with E-state index in [1.807, 2.05) is 42.5 Å². The Bertz CT molecular complexity index is 1100. The topological polar surface area (TPSA) is 41.5 Å². The number of anilines is 1. The number of allylic oxidation sites excluding steroid dienone is 2. The van der Waals surface area contributed by atoms with Crippen LogP contribution in [0.15, 0.2) is 89.6 Å². The minimum absolute atomic E-state index is 0.0874. The van der Waals surface area contributed by atoms with Gasteiger partial charge in [0, 0.05) is 26.9 Å². The fourth-order valence-corrected chi connectivity index (χ4v) is 3.30. The summed E-state index contributed by atoms with van der Waals surface area (Å²) in [6, 6.07) is 22.0. The Labute approximate surface area is 167 Å². The van der Waals surface area contributed by atoms with Crippen molar-refractivity contribution in [2.24, 2.45) is 4.99 Å². The fourth-order valence-electron chi connectivity index (χ4n) is 2.92. The highest BCUT2D eigenvalue weighted by Gasteiger charge is 2.24. The molecule has 0 aromatic heterocycles. The molecule has 0 bridgehead atoms. The third-order valence-electron chi connectivity index (χ3n) is 4.13. The second-order valence-corrected chi connectivity index (χ2v) is 6.92. The van der Waals surface area contributed by atoms with Crippen molar-refractivity contribution in [3.8, 4) is 0 Å². The maximum absolute atomic E-state index is 12.9. The molecule has 1 aliphatic rings. The van der Waals surface area contributed by atoms with E-state index >= 15 is 0 Å². The number of fused-ring (bicyclic) bond motifs is 1. The summed E-state index contributed by atoms with van der Waals surface area (Å²) in [5.41, 5.74) is 3.99. The molecule has 0 spiro atoms. The summed E-state index contributed by atoms with van der Waals surface area (Å²) in [5.74, 6) is -0.0874. The molecule has 0 saturated carbocycles. The molecule has 3 nitrogen and oxygen atoms in total. The highest BCUT2D eigenvalue weighted by Crippen LogP contribution is 2.27. The van der Waals surface area contributed by atoms with Gasteiger partial charge in [0.25, 0.3) is 0 Å². The van der Waals surface area contributed by atoms with Crippen LogP contribution in [0.1, 0.15) is 15.9 Å². The molecule has 3 aromatic carbocycles. The molecule has 0 aliphatic heterocycles. The Morgan fingerprint density at radius 1 is 0.778 bits per heavy atom. The summed E-state index contributed by atoms with van der Waals surface area (Å²) in [5, 5.41) is 4.36. The lowest BCUT2D eigenvalue weighted by Crippen LogP contribution is -2.21. The minimum atomic E-state index is -0.0874. The molecular weight excluding hydrogens is 379 g/mol. The van der Waals surface area contributed by atoms with E-state index in [-0.39, 0.29) is 5.78 Å². The van der Waals surface area contributed by atoms with Crippen molar-refractivity contribution in [1.29, 1.82) is 0 Å². The van der Waals surface area contributed by atoms with Crippen LogP contribution in [0, 0.1) is 0 Å². The number of ketones is 1. The minimum Gasteiger partial charge on any atom is -0.352 e. The second kappa shape index (κ2) is 7.39. The first-order valence-electron chi connectivity index (χ1n) is 8.33. The molecule has 0 heterocycles. The summed E-state index contributed by atoms with van der Waals surface area (Å²) in [6.07, 6.45) is 1.76. The summed E-state index contributed by atoms with van der Waals surface area (Å²) in [6.45, 7) is 0. The zero-order chi connectivity index (χ0) is 18.8. The van der Waals surface area contributed by atoms with Gasteiger partial charge < -0.3 is 5.32 Å². The van der Waals surface area contributed by atoms with Crippen molar-refractivity contribution in [2.75, 3.05) is 5.32 Å². The van der Waals surface area contributed by atoms with Crippen LogP contribution in [0.4, 0.5) is 11.4 Å². The van der Waals surface area contributed by atoms with Crippen molar-refractivity contribution in [3.05, 3.63) is 106 Å². The number of benzene rings is 3. The lowest BCUT2D eigenvalue weighted by atomic mass is 9.92. The van der Waals surface area contributed by atoms with Gasteiger partial charge in [0.15, 0.2) is 0 Å². The number of halogens is 2. The summed E-state index contributed by atoms with van der Waals surface area (Å²) in [4.78, 5) is 17.6. The normalized spacial score (nSPS) is 14.7. The second-order valence-electron chi connectivity index (χ2n) is 6.04. The molecule has 4 rings (SSSR count). The van der Waals surface area contributed by atoms with Gasteiger partial charge in [0.1, 0.15) is 0 Å². The van der Waals surface area contributed by atoms with Crippen LogP contribution < -0.4 is 5.32 Å². The molecule has 1 N–H and O–H groups in total. The number of rotatable bonds is 3. The standard InChI is InChI=1S/C22H14Cl2N2O/c23-14-5-3-7-16(11-14)25-20-13-21(26-17-8-4-6-15(24)12-17)22(27)19-10-2-1-9-18(19)20/h1-13,26H. The van der Waals surface area contributed by atoms with Crippen molar-refractivity contribution in [2.45, 2.75) is 0 Å². The molecule has 3 aromatic rings. The molecule has 0 radical (unpaired) electrons. The number of carbonyl (C=O) groups excluding carboxylic acids is 1. The summed E-state index contributed by atoms with van der Waals surface area (Å²) in [7, 11) is 0. The fraction of sp³-hybridized carbons (Fsp3) is 0. The monoisotopic (exact) mass is 392 g/mol. The Balaban J connectivity index is 1.80. The number of carbonyl (C=O) groups is 1. The molecule has 0 saturated heterocycles. The summed E-state index contributed by atoms with van der Waals surface area (Å²) >= 11 is 12.1. The Morgan fingerprint density at radius 2 is 1.48 bits per heavy atom. The van der Waals surface area contributed by atoms with E-state index in [9.17, 15) is 4.79 Å². The Kier molecular flexibility index (Phi) is 4.80. The zero-order valence-electron chi connectivity index (χ0n) is 14.1. The molecule has 132 valence electrons. The number of Topliss-reactive ketones (excluding diaryl/α,β-unsaturated/α-hetero) is 1. The van der Waals surface area contributed by atoms with Gasteiger partial charge in [-0.3, -0.25) is 4.79 Å². The Hall–Kier alpha value is -2.88. The zero-order valence-corrected chi connectivity index (χ0v) is 15.6. The third-order valence-corrected chi connectivity index (χ3v) is 4.60. The number of aliphatic imine (C=N–C) groups is 1.